The van der Waals surface area contributed by atoms with Gasteiger partial charge in [0.1, 0.15) is 34.1 Å². The maximum atomic E-state index is 13.9. The fourth-order valence-corrected chi connectivity index (χ4v) is 4.41. The molecule has 2 aromatic carbocycles. The molecule has 0 aliphatic rings. The number of nitrogens with one attached hydrogen (secondary N) is 1. The normalized spacial score (nSPS) is 12.6. The summed E-state index contributed by atoms with van der Waals surface area (Å²) < 4.78 is 11.7. The van der Waals surface area contributed by atoms with Crippen LogP contribution in [0.4, 0.5) is 5.69 Å². The van der Waals surface area contributed by atoms with Crippen LogP contribution in [0.2, 0.25) is 5.15 Å². The summed E-state index contributed by atoms with van der Waals surface area (Å²) in [5, 5.41) is 16.2. The molecule has 0 fully saturated rings. The smallest absolute Gasteiger partial charge is 0.202 e. The topological polar surface area (TPSA) is 140 Å². The van der Waals surface area contributed by atoms with E-state index in [9.17, 15) is 10.0 Å². The lowest BCUT2D eigenvalue weighted by atomic mass is 9.97. The SMILES string of the molecule is Cc1cc([C@@H](C)Nc2ccc(Cl)nc2/C(N)=N/O)c2oc(-c3ccccc3)c(-c3cocn3)c(=O)c2c1. The van der Waals surface area contributed by atoms with Gasteiger partial charge in [0, 0.05) is 11.1 Å². The van der Waals surface area contributed by atoms with Gasteiger partial charge in [-0.25, -0.2) is 9.97 Å². The number of aromatic nitrogens is 2. The Morgan fingerprint density at radius 1 is 1.19 bits per heavy atom. The second kappa shape index (κ2) is 9.79. The van der Waals surface area contributed by atoms with Crippen LogP contribution in [0.15, 0.2) is 86.0 Å². The molecule has 0 spiro atoms. The molecule has 0 aliphatic heterocycles. The first-order valence-electron chi connectivity index (χ1n) is 11.3. The molecule has 0 radical (unpaired) electrons. The van der Waals surface area contributed by atoms with E-state index in [0.29, 0.717) is 33.7 Å². The van der Waals surface area contributed by atoms with Crippen molar-refractivity contribution in [1.82, 2.24) is 9.97 Å². The molecule has 0 saturated carbocycles. The lowest BCUT2D eigenvalue weighted by molar-refractivity contribution is 0.318. The predicted molar refractivity (Wildman–Crippen MR) is 142 cm³/mol. The molecule has 0 unspecified atom stereocenters. The minimum atomic E-state index is -0.375. The molecule has 9 nitrogen and oxygen atoms in total. The Labute approximate surface area is 216 Å². The van der Waals surface area contributed by atoms with Gasteiger partial charge in [-0.05, 0) is 37.6 Å². The average molecular weight is 516 g/mol. The number of nitrogens with zero attached hydrogens (tertiary/aromatic N) is 3. The third kappa shape index (κ3) is 4.52. The Hall–Kier alpha value is -4.63. The Morgan fingerprint density at radius 2 is 1.97 bits per heavy atom. The number of halogens is 1. The molecule has 0 bridgehead atoms. The second-order valence-corrected chi connectivity index (χ2v) is 8.87. The van der Waals surface area contributed by atoms with Crippen molar-refractivity contribution in [3.05, 3.63) is 99.5 Å². The molecule has 3 aromatic heterocycles. The van der Waals surface area contributed by atoms with Crippen LogP contribution in [0.1, 0.15) is 29.8 Å². The van der Waals surface area contributed by atoms with Crippen LogP contribution in [-0.2, 0) is 0 Å². The number of oxime groups is 1. The molecule has 186 valence electrons. The fourth-order valence-electron chi connectivity index (χ4n) is 4.26. The first-order valence-corrected chi connectivity index (χ1v) is 11.7. The van der Waals surface area contributed by atoms with Gasteiger partial charge < -0.3 is 25.1 Å². The van der Waals surface area contributed by atoms with Crippen molar-refractivity contribution in [2.75, 3.05) is 5.32 Å². The quantitative estimate of drug-likeness (QED) is 0.0854. The highest BCUT2D eigenvalue weighted by molar-refractivity contribution is 6.29. The number of amidine groups is 1. The largest absolute Gasteiger partial charge is 0.455 e. The molecule has 10 heteroatoms. The van der Waals surface area contributed by atoms with Gasteiger partial charge in [0.25, 0.3) is 0 Å². The fraction of sp³-hybridized carbons (Fsp3) is 0.111. The summed E-state index contributed by atoms with van der Waals surface area (Å²) in [5.41, 5.74) is 9.75. The number of anilines is 1. The first-order chi connectivity index (χ1) is 17.9. The molecule has 3 heterocycles. The Kier molecular flexibility index (Phi) is 6.37. The molecule has 5 rings (SSSR count). The van der Waals surface area contributed by atoms with Gasteiger partial charge >= 0.3 is 0 Å². The van der Waals surface area contributed by atoms with Crippen molar-refractivity contribution < 1.29 is 14.0 Å². The van der Waals surface area contributed by atoms with Crippen LogP contribution in [0.25, 0.3) is 33.6 Å². The average Bonchev–Trinajstić information content (AvgIpc) is 3.44. The lowest BCUT2D eigenvalue weighted by Crippen LogP contribution is -2.19. The van der Waals surface area contributed by atoms with Crippen molar-refractivity contribution in [2.24, 2.45) is 10.9 Å². The molecule has 5 aromatic rings. The van der Waals surface area contributed by atoms with Gasteiger partial charge in [0.05, 0.1) is 22.7 Å². The summed E-state index contributed by atoms with van der Waals surface area (Å²) in [4.78, 5) is 22.3. The van der Waals surface area contributed by atoms with E-state index in [4.69, 9.17) is 26.2 Å². The number of pyridine rings is 1. The van der Waals surface area contributed by atoms with E-state index in [0.717, 1.165) is 16.7 Å². The van der Waals surface area contributed by atoms with Crippen LogP contribution in [-0.4, -0.2) is 21.0 Å². The van der Waals surface area contributed by atoms with Crippen LogP contribution in [0.3, 0.4) is 0 Å². The van der Waals surface area contributed by atoms with Crippen LogP contribution >= 0.6 is 11.6 Å². The van der Waals surface area contributed by atoms with Crippen molar-refractivity contribution in [1.29, 1.82) is 0 Å². The molecule has 0 saturated heterocycles. The second-order valence-electron chi connectivity index (χ2n) is 8.49. The number of oxazole rings is 1. The zero-order chi connectivity index (χ0) is 26.1. The lowest BCUT2D eigenvalue weighted by Gasteiger charge is -2.20. The van der Waals surface area contributed by atoms with Gasteiger partial charge in [-0.15, -0.1) is 0 Å². The summed E-state index contributed by atoms with van der Waals surface area (Å²) in [5.74, 6) is 0.191. The first kappa shape index (κ1) is 24.1. The van der Waals surface area contributed by atoms with E-state index in [2.05, 4.69) is 20.4 Å². The van der Waals surface area contributed by atoms with Gasteiger partial charge in [-0.2, -0.15) is 0 Å². The molecular formula is C27H22ClN5O4. The standard InChI is InChI=1S/C27H22ClN5O4/c1-14-10-17(15(2)31-19-8-9-21(28)32-23(19)27(29)33-35)26-18(11-14)24(34)22(20-12-36-13-30-20)25(37-26)16-6-4-3-5-7-16/h3-13,15,31,35H,1-2H3,(H2,29,33)/t15-/m1/s1. The van der Waals surface area contributed by atoms with Gasteiger partial charge in [-0.1, -0.05) is 53.2 Å². The molecule has 37 heavy (non-hydrogen) atoms. The zero-order valence-electron chi connectivity index (χ0n) is 19.9. The Balaban J connectivity index is 1.72. The van der Waals surface area contributed by atoms with Gasteiger partial charge in [0.15, 0.2) is 12.2 Å². The van der Waals surface area contributed by atoms with E-state index >= 15 is 0 Å². The third-order valence-electron chi connectivity index (χ3n) is 5.94. The van der Waals surface area contributed by atoms with Crippen LogP contribution in [0, 0.1) is 6.92 Å². The van der Waals surface area contributed by atoms with E-state index in [-0.39, 0.29) is 28.2 Å². The number of rotatable bonds is 6. The van der Waals surface area contributed by atoms with Crippen molar-refractivity contribution in [3.8, 4) is 22.6 Å². The summed E-state index contributed by atoms with van der Waals surface area (Å²) in [6.07, 6.45) is 2.70. The van der Waals surface area contributed by atoms with Crippen LogP contribution < -0.4 is 16.5 Å². The molecule has 0 amide bonds. The highest BCUT2D eigenvalue weighted by Gasteiger charge is 2.23. The van der Waals surface area contributed by atoms with E-state index in [1.807, 2.05) is 50.2 Å². The summed E-state index contributed by atoms with van der Waals surface area (Å²) in [6, 6.07) is 16.0. The van der Waals surface area contributed by atoms with Crippen molar-refractivity contribution >= 4 is 34.1 Å². The van der Waals surface area contributed by atoms with E-state index in [1.165, 1.54) is 12.7 Å². The summed E-state index contributed by atoms with van der Waals surface area (Å²) in [7, 11) is 0. The third-order valence-corrected chi connectivity index (χ3v) is 6.15. The Morgan fingerprint density at radius 3 is 2.68 bits per heavy atom. The number of aryl methyl sites for hydroxylation is 1. The molecule has 1 atom stereocenters. The highest BCUT2D eigenvalue weighted by atomic mass is 35.5. The van der Waals surface area contributed by atoms with Crippen molar-refractivity contribution in [3.63, 3.8) is 0 Å². The Bertz CT molecular complexity index is 1680. The van der Waals surface area contributed by atoms with Crippen LogP contribution in [0.5, 0.6) is 0 Å². The van der Waals surface area contributed by atoms with Crippen molar-refractivity contribution in [2.45, 2.75) is 19.9 Å². The molecular weight excluding hydrogens is 494 g/mol. The number of hydrogen-bond acceptors (Lipinski definition) is 8. The molecule has 4 N–H and O–H groups in total. The van der Waals surface area contributed by atoms with Gasteiger partial charge in [0.2, 0.25) is 5.43 Å². The van der Waals surface area contributed by atoms with Gasteiger partial charge in [-0.3, -0.25) is 4.79 Å². The minimum absolute atomic E-state index is 0.193. The highest BCUT2D eigenvalue weighted by Crippen LogP contribution is 2.35. The zero-order valence-corrected chi connectivity index (χ0v) is 20.7. The molecule has 0 aliphatic carbocycles. The number of benzene rings is 2. The predicted octanol–water partition coefficient (Wildman–Crippen LogP) is 5.74. The summed E-state index contributed by atoms with van der Waals surface area (Å²) >= 11 is 6.03. The van der Waals surface area contributed by atoms with E-state index in [1.54, 1.807) is 18.2 Å². The van der Waals surface area contributed by atoms with E-state index < -0.39 is 0 Å². The minimum Gasteiger partial charge on any atom is -0.455 e. The number of nitrogens with two attached hydrogens (primary N) is 1. The number of hydrogen-bond donors (Lipinski definition) is 3. The monoisotopic (exact) mass is 515 g/mol. The number of fused-ring (bicyclic) bond motifs is 1. The summed E-state index contributed by atoms with van der Waals surface area (Å²) in [6.45, 7) is 3.81. The maximum absolute atomic E-state index is 13.9. The maximum Gasteiger partial charge on any atom is 0.202 e.